The van der Waals surface area contributed by atoms with Crippen molar-refractivity contribution in [3.05, 3.63) is 61.2 Å². The Labute approximate surface area is 242 Å². The van der Waals surface area contributed by atoms with Crippen molar-refractivity contribution in [2.45, 2.75) is 108 Å². The van der Waals surface area contributed by atoms with E-state index in [1.54, 1.807) is 22.3 Å². The molecule has 4 heteroatoms. The number of unbranched alkanes of at least 4 members (excludes halogenated alkanes) is 7. The number of hydrogen-bond donors (Lipinski definition) is 0. The smallest absolute Gasteiger partial charge is 1.00 e. The Kier molecular flexibility index (Phi) is 17.7. The van der Waals surface area contributed by atoms with Gasteiger partial charge in [-0.3, -0.25) is 0 Å². The standard InChI is InChI=1S/C21H32P.C10H15.2ClH.Zr/c1-3-5-7-11-15-22(16-12-8-6-4-2)21-17-19-13-9-10-14-20(19)18-21;1-3-4-7-10-8-5-6-9(10)2;;;/h9-10,13-14,17-18H,3-8,11-12,15-16H2,1-2H3;6H,3-5,7H2,1-2H3;2*1H;/q;;;;+2/p-2. The van der Waals surface area contributed by atoms with Crippen molar-refractivity contribution < 1.29 is 48.0 Å². The molecule has 0 saturated heterocycles. The summed E-state index contributed by atoms with van der Waals surface area (Å²) >= 11 is -0.689. The second-order valence-corrected chi connectivity index (χ2v) is 16.1. The van der Waals surface area contributed by atoms with Crippen LogP contribution in [0.15, 0.2) is 50.1 Å². The molecule has 0 bridgehead atoms. The summed E-state index contributed by atoms with van der Waals surface area (Å²) in [6.45, 7) is 9.40. The molecule has 0 fully saturated rings. The molecule has 1 unspecified atom stereocenters. The fourth-order valence-electron chi connectivity index (χ4n) is 5.32. The summed E-state index contributed by atoms with van der Waals surface area (Å²) in [6.07, 6.45) is 24.8. The number of allylic oxidation sites excluding steroid dienone is 5. The summed E-state index contributed by atoms with van der Waals surface area (Å²) in [6, 6.07) is 9.45. The molecule has 2 aliphatic rings. The van der Waals surface area contributed by atoms with Gasteiger partial charge in [-0.05, 0) is 0 Å². The van der Waals surface area contributed by atoms with Crippen molar-refractivity contribution in [1.29, 1.82) is 0 Å². The summed E-state index contributed by atoms with van der Waals surface area (Å²) in [5.74, 6) is 0. The van der Waals surface area contributed by atoms with Gasteiger partial charge >= 0.3 is 219 Å². The van der Waals surface area contributed by atoms with Gasteiger partial charge in [-0.1, -0.05) is 0 Å². The molecule has 1 aromatic rings. The van der Waals surface area contributed by atoms with E-state index in [0.29, 0.717) is 0 Å². The normalized spacial score (nSPS) is 16.4. The van der Waals surface area contributed by atoms with Crippen LogP contribution in [-0.2, 0) is 23.2 Å². The molecule has 1 aromatic carbocycles. The van der Waals surface area contributed by atoms with Gasteiger partial charge in [-0.25, -0.2) is 0 Å². The van der Waals surface area contributed by atoms with Gasteiger partial charge in [-0.15, -0.1) is 0 Å². The van der Waals surface area contributed by atoms with Crippen molar-refractivity contribution in [3.63, 3.8) is 0 Å². The Morgan fingerprint density at radius 3 is 2.09 bits per heavy atom. The minimum Gasteiger partial charge on any atom is -1.00 e. The summed E-state index contributed by atoms with van der Waals surface area (Å²) < 4.78 is 2.73. The van der Waals surface area contributed by atoms with Crippen LogP contribution in [0.4, 0.5) is 0 Å². The maximum Gasteiger partial charge on any atom is -1.00 e. The minimum absolute atomic E-state index is 0. The van der Waals surface area contributed by atoms with Gasteiger partial charge in [0.1, 0.15) is 0 Å². The molecule has 0 radical (unpaired) electrons. The second kappa shape index (κ2) is 18.6. The first-order valence-electron chi connectivity index (χ1n) is 13.9. The van der Waals surface area contributed by atoms with Crippen LogP contribution in [0.1, 0.15) is 119 Å². The molecule has 35 heavy (non-hydrogen) atoms. The molecule has 3 rings (SSSR count). The van der Waals surface area contributed by atoms with Crippen LogP contribution in [0.3, 0.4) is 0 Å². The molecule has 0 amide bonds. The molecule has 0 saturated carbocycles. The average molecular weight is 613 g/mol. The van der Waals surface area contributed by atoms with Gasteiger partial charge in [0.15, 0.2) is 0 Å². The van der Waals surface area contributed by atoms with E-state index in [9.17, 15) is 0 Å². The quantitative estimate of drug-likeness (QED) is 0.189. The number of hydrogen-bond acceptors (Lipinski definition) is 0. The topological polar surface area (TPSA) is 0 Å². The summed E-state index contributed by atoms with van der Waals surface area (Å²) in [4.78, 5) is 0. The first-order valence-corrected chi connectivity index (χ1v) is 18.3. The first-order chi connectivity index (χ1) is 16.2. The van der Waals surface area contributed by atoms with E-state index >= 15 is 0 Å². The Morgan fingerprint density at radius 2 is 1.46 bits per heavy atom. The predicted molar refractivity (Wildman–Crippen MR) is 147 cm³/mol. The van der Waals surface area contributed by atoms with Gasteiger partial charge < -0.3 is 24.8 Å². The SMILES string of the molecule is CCCCCCP(CCCCCC)C1=Cc2ccccc2[CH]1[Zr+2][C]1=C(CCCC)C(C)=CC1.[Cl-].[Cl-]. The monoisotopic (exact) mass is 610 g/mol. The predicted octanol–water partition coefficient (Wildman–Crippen LogP) is 4.61. The zero-order valence-corrected chi connectivity index (χ0v) is 27.5. The number of benzene rings is 1. The number of rotatable bonds is 16. The molecular weight excluding hydrogens is 565 g/mol. The maximum absolute atomic E-state index is 2.69. The molecular formula is C31H47Cl2PZr. The van der Waals surface area contributed by atoms with Gasteiger partial charge in [0.2, 0.25) is 0 Å². The molecule has 0 nitrogen and oxygen atoms in total. The van der Waals surface area contributed by atoms with E-state index in [2.05, 4.69) is 64.1 Å². The molecule has 0 spiro atoms. The Balaban J connectivity index is 0.00000306. The Morgan fingerprint density at radius 1 is 0.829 bits per heavy atom. The third kappa shape index (κ3) is 9.86. The third-order valence-corrected chi connectivity index (χ3v) is 15.2. The van der Waals surface area contributed by atoms with Crippen LogP contribution < -0.4 is 24.8 Å². The Hall–Kier alpha value is 0.333. The maximum atomic E-state index is 2.69. The second-order valence-electron chi connectivity index (χ2n) is 10.0. The molecule has 0 aromatic heterocycles. The van der Waals surface area contributed by atoms with Crippen molar-refractivity contribution >= 4 is 14.0 Å². The van der Waals surface area contributed by atoms with Crippen molar-refractivity contribution in [2.24, 2.45) is 0 Å². The summed E-state index contributed by atoms with van der Waals surface area (Å²) in [7, 11) is 0.0268. The number of halogens is 2. The average Bonchev–Trinajstić information content (AvgIpc) is 3.37. The Bertz CT molecular complexity index is 830. The third-order valence-electron chi connectivity index (χ3n) is 7.39. The van der Waals surface area contributed by atoms with E-state index in [1.165, 1.54) is 89.4 Å². The van der Waals surface area contributed by atoms with Crippen molar-refractivity contribution in [2.75, 3.05) is 12.3 Å². The van der Waals surface area contributed by atoms with Crippen LogP contribution in [0.2, 0.25) is 0 Å². The van der Waals surface area contributed by atoms with Crippen molar-refractivity contribution in [3.8, 4) is 0 Å². The van der Waals surface area contributed by atoms with Gasteiger partial charge in [0.05, 0.1) is 0 Å². The number of fused-ring (bicyclic) bond motifs is 1. The zero-order valence-electron chi connectivity index (χ0n) is 22.6. The molecule has 194 valence electrons. The van der Waals surface area contributed by atoms with E-state index in [4.69, 9.17) is 0 Å². The molecule has 0 heterocycles. The minimum atomic E-state index is -0.689. The molecule has 0 N–H and O–H groups in total. The van der Waals surface area contributed by atoms with Crippen molar-refractivity contribution in [1.82, 2.24) is 0 Å². The van der Waals surface area contributed by atoms with Crippen LogP contribution in [-0.4, -0.2) is 12.3 Å². The van der Waals surface area contributed by atoms with Crippen LogP contribution in [0, 0.1) is 0 Å². The van der Waals surface area contributed by atoms with E-state index < -0.39 is 23.2 Å². The van der Waals surface area contributed by atoms with Gasteiger partial charge in [-0.2, -0.15) is 0 Å². The molecule has 0 aliphatic heterocycles. The van der Waals surface area contributed by atoms with Gasteiger partial charge in [0.25, 0.3) is 0 Å². The molecule has 1 atom stereocenters. The summed E-state index contributed by atoms with van der Waals surface area (Å²) in [5, 5.41) is 1.91. The first kappa shape index (κ1) is 33.4. The van der Waals surface area contributed by atoms with E-state index in [0.717, 1.165) is 3.63 Å². The van der Waals surface area contributed by atoms with Gasteiger partial charge in [0, 0.05) is 0 Å². The largest absolute Gasteiger partial charge is 1.00 e. The zero-order chi connectivity index (χ0) is 23.5. The van der Waals surface area contributed by atoms with Crippen LogP contribution >= 0.6 is 7.92 Å². The van der Waals surface area contributed by atoms with E-state index in [-0.39, 0.29) is 32.7 Å². The molecule has 2 aliphatic carbocycles. The van der Waals surface area contributed by atoms with Crippen LogP contribution in [0.5, 0.6) is 0 Å². The summed E-state index contributed by atoms with van der Waals surface area (Å²) in [5.41, 5.74) is 6.65. The fourth-order valence-corrected chi connectivity index (χ4v) is 14.0. The van der Waals surface area contributed by atoms with E-state index in [1.807, 2.05) is 8.60 Å². The van der Waals surface area contributed by atoms with Crippen LogP contribution in [0.25, 0.3) is 6.08 Å². The fraction of sp³-hybridized carbons (Fsp3) is 0.613.